The Morgan fingerprint density at radius 1 is 0.800 bits per heavy atom. The first-order valence-electron chi connectivity index (χ1n) is 3.69. The molecule has 0 saturated carbocycles. The molecule has 2 heterocycles. The average molecular weight is 144 g/mol. The summed E-state index contributed by atoms with van der Waals surface area (Å²) in [6.07, 6.45) is 0. The largest absolute Gasteiger partial charge is 0.370 e. The molecule has 2 aliphatic heterocycles. The number of hydrogen-bond donors (Lipinski definition) is 0. The van der Waals surface area contributed by atoms with Crippen molar-refractivity contribution in [2.75, 3.05) is 13.2 Å². The first-order chi connectivity index (χ1) is 4.41. The van der Waals surface area contributed by atoms with Gasteiger partial charge in [-0.05, 0) is 27.7 Å². The predicted octanol–water partition coefficient (Wildman–Crippen LogP) is 1.59. The number of rotatable bonds is 0. The van der Waals surface area contributed by atoms with E-state index in [2.05, 4.69) is 27.7 Å². The Bertz CT molecular complexity index is 99.2. The summed E-state index contributed by atoms with van der Waals surface area (Å²) in [7, 11) is 0. The second-order valence-corrected chi connectivity index (χ2v) is 4.10. The van der Waals surface area contributed by atoms with Crippen molar-refractivity contribution in [3.8, 4) is 0 Å². The van der Waals surface area contributed by atoms with Gasteiger partial charge in [-0.15, -0.1) is 0 Å². The Labute approximate surface area is 62.5 Å². The summed E-state index contributed by atoms with van der Waals surface area (Å²) in [4.78, 5) is 0. The minimum atomic E-state index is 0.250. The van der Waals surface area contributed by atoms with Crippen LogP contribution in [0.1, 0.15) is 27.7 Å². The smallest absolute Gasteiger partial charge is 0.0860 e. The third kappa shape index (κ3) is 3.85. The van der Waals surface area contributed by atoms with Crippen LogP contribution >= 0.6 is 0 Å². The lowest BCUT2D eigenvalue weighted by molar-refractivity contribution is 0.343. The van der Waals surface area contributed by atoms with Crippen molar-refractivity contribution in [1.82, 2.24) is 0 Å². The van der Waals surface area contributed by atoms with Gasteiger partial charge in [0, 0.05) is 0 Å². The molecule has 60 valence electrons. The third-order valence-corrected chi connectivity index (χ3v) is 1.44. The van der Waals surface area contributed by atoms with E-state index in [-0.39, 0.29) is 11.2 Å². The van der Waals surface area contributed by atoms with Crippen LogP contribution in [0.25, 0.3) is 0 Å². The highest BCUT2D eigenvalue weighted by atomic mass is 16.6. The molecule has 2 nitrogen and oxygen atoms in total. The zero-order valence-electron chi connectivity index (χ0n) is 7.23. The van der Waals surface area contributed by atoms with E-state index in [0.29, 0.717) is 0 Å². The molecular formula is C8H16O2. The summed E-state index contributed by atoms with van der Waals surface area (Å²) in [5.74, 6) is 0. The van der Waals surface area contributed by atoms with Gasteiger partial charge in [-0.1, -0.05) is 0 Å². The number of hydrogen-bond acceptors (Lipinski definition) is 2. The van der Waals surface area contributed by atoms with Crippen LogP contribution < -0.4 is 0 Å². The zero-order chi connectivity index (χ0) is 7.83. The van der Waals surface area contributed by atoms with Crippen LogP contribution in [0.15, 0.2) is 0 Å². The third-order valence-electron chi connectivity index (χ3n) is 1.44. The first kappa shape index (κ1) is 8.02. The molecule has 0 radical (unpaired) electrons. The molecule has 2 saturated heterocycles. The molecule has 0 aliphatic carbocycles. The fourth-order valence-electron chi connectivity index (χ4n) is 0.289. The van der Waals surface area contributed by atoms with E-state index < -0.39 is 0 Å². The predicted molar refractivity (Wildman–Crippen MR) is 40.1 cm³/mol. The van der Waals surface area contributed by atoms with E-state index in [9.17, 15) is 0 Å². The van der Waals surface area contributed by atoms with E-state index in [4.69, 9.17) is 9.47 Å². The Hall–Kier alpha value is -0.0800. The fraction of sp³-hybridized carbons (Fsp3) is 1.00. The molecule has 2 rings (SSSR count). The summed E-state index contributed by atoms with van der Waals surface area (Å²) in [5, 5.41) is 0. The molecular weight excluding hydrogens is 128 g/mol. The van der Waals surface area contributed by atoms with E-state index in [0.717, 1.165) is 13.2 Å². The van der Waals surface area contributed by atoms with Gasteiger partial charge in [0.25, 0.3) is 0 Å². The van der Waals surface area contributed by atoms with Crippen molar-refractivity contribution in [2.24, 2.45) is 0 Å². The van der Waals surface area contributed by atoms with E-state index >= 15 is 0 Å². The van der Waals surface area contributed by atoms with Gasteiger partial charge in [-0.25, -0.2) is 0 Å². The number of ether oxygens (including phenoxy) is 2. The molecule has 0 N–H and O–H groups in total. The molecule has 0 amide bonds. The quantitative estimate of drug-likeness (QED) is 0.482. The maximum Gasteiger partial charge on any atom is 0.0860 e. The Morgan fingerprint density at radius 3 is 0.900 bits per heavy atom. The van der Waals surface area contributed by atoms with Gasteiger partial charge >= 0.3 is 0 Å². The van der Waals surface area contributed by atoms with Gasteiger partial charge in [0.15, 0.2) is 0 Å². The van der Waals surface area contributed by atoms with Gasteiger partial charge in [-0.2, -0.15) is 0 Å². The summed E-state index contributed by atoms with van der Waals surface area (Å²) < 4.78 is 9.79. The van der Waals surface area contributed by atoms with Crippen molar-refractivity contribution in [3.05, 3.63) is 0 Å². The Balaban J connectivity index is 0.0000001000. The van der Waals surface area contributed by atoms with Crippen molar-refractivity contribution in [2.45, 2.75) is 38.9 Å². The van der Waals surface area contributed by atoms with Gasteiger partial charge in [0.2, 0.25) is 0 Å². The molecule has 0 aromatic heterocycles. The van der Waals surface area contributed by atoms with E-state index in [1.54, 1.807) is 0 Å². The van der Waals surface area contributed by atoms with Crippen molar-refractivity contribution in [3.63, 3.8) is 0 Å². The highest BCUT2D eigenvalue weighted by Crippen LogP contribution is 2.23. The zero-order valence-corrected chi connectivity index (χ0v) is 7.23. The second kappa shape index (κ2) is 2.21. The van der Waals surface area contributed by atoms with Crippen LogP contribution in [0.4, 0.5) is 0 Å². The Morgan fingerprint density at radius 2 is 0.900 bits per heavy atom. The van der Waals surface area contributed by atoms with Crippen molar-refractivity contribution < 1.29 is 9.47 Å². The molecule has 2 aliphatic rings. The SMILES string of the molecule is CC1(C)CO1.CC1(C)CO1. The highest BCUT2D eigenvalue weighted by Gasteiger charge is 2.32. The fourth-order valence-corrected chi connectivity index (χ4v) is 0.289. The van der Waals surface area contributed by atoms with E-state index in [1.165, 1.54) is 0 Å². The molecule has 10 heavy (non-hydrogen) atoms. The summed E-state index contributed by atoms with van der Waals surface area (Å²) in [6, 6.07) is 0. The van der Waals surface area contributed by atoms with Crippen molar-refractivity contribution in [1.29, 1.82) is 0 Å². The van der Waals surface area contributed by atoms with Crippen LogP contribution in [-0.4, -0.2) is 24.4 Å². The maximum absolute atomic E-state index is 4.90. The minimum absolute atomic E-state index is 0.250. The molecule has 0 aromatic rings. The molecule has 0 spiro atoms. The van der Waals surface area contributed by atoms with Crippen molar-refractivity contribution >= 4 is 0 Å². The molecule has 0 bridgehead atoms. The Kier molecular flexibility index (Phi) is 1.77. The molecule has 2 heteroatoms. The van der Waals surface area contributed by atoms with Gasteiger partial charge in [0.1, 0.15) is 0 Å². The van der Waals surface area contributed by atoms with Crippen LogP contribution in [0, 0.1) is 0 Å². The van der Waals surface area contributed by atoms with Gasteiger partial charge in [0.05, 0.1) is 24.4 Å². The topological polar surface area (TPSA) is 25.1 Å². The first-order valence-corrected chi connectivity index (χ1v) is 3.69. The average Bonchev–Trinajstić information content (AvgIpc) is 2.56. The normalized spacial score (nSPS) is 30.0. The monoisotopic (exact) mass is 144 g/mol. The summed E-state index contributed by atoms with van der Waals surface area (Å²) in [6.45, 7) is 10.2. The summed E-state index contributed by atoms with van der Waals surface area (Å²) >= 11 is 0. The number of epoxide rings is 2. The van der Waals surface area contributed by atoms with E-state index in [1.807, 2.05) is 0 Å². The second-order valence-electron chi connectivity index (χ2n) is 4.10. The lowest BCUT2D eigenvalue weighted by Gasteiger charge is -1.81. The van der Waals surface area contributed by atoms with Crippen LogP contribution in [0.3, 0.4) is 0 Å². The molecule has 0 aromatic carbocycles. The maximum atomic E-state index is 4.90. The van der Waals surface area contributed by atoms with Gasteiger partial charge in [-0.3, -0.25) is 0 Å². The lowest BCUT2D eigenvalue weighted by atomic mass is 10.3. The van der Waals surface area contributed by atoms with Crippen LogP contribution in [0.5, 0.6) is 0 Å². The molecule has 0 unspecified atom stereocenters. The van der Waals surface area contributed by atoms with Crippen LogP contribution in [-0.2, 0) is 9.47 Å². The minimum Gasteiger partial charge on any atom is -0.370 e. The van der Waals surface area contributed by atoms with Crippen LogP contribution in [0.2, 0.25) is 0 Å². The lowest BCUT2D eigenvalue weighted by Crippen LogP contribution is -1.90. The van der Waals surface area contributed by atoms with Gasteiger partial charge < -0.3 is 9.47 Å². The summed E-state index contributed by atoms with van der Waals surface area (Å²) in [5.41, 5.74) is 0.500. The molecule has 0 atom stereocenters. The standard InChI is InChI=1S/2C4H8O/c2*1-4(2)3-5-4/h2*3H2,1-2H3. The highest BCUT2D eigenvalue weighted by molar-refractivity contribution is 4.79. The molecule has 2 fully saturated rings.